The summed E-state index contributed by atoms with van der Waals surface area (Å²) in [5.41, 5.74) is 2.60. The number of benzene rings is 1. The van der Waals surface area contributed by atoms with Gasteiger partial charge in [-0.05, 0) is 55.7 Å². The Morgan fingerprint density at radius 1 is 1.27 bits per heavy atom. The average molecular weight is 392 g/mol. The van der Waals surface area contributed by atoms with Crippen molar-refractivity contribution in [3.63, 3.8) is 0 Å². The van der Waals surface area contributed by atoms with Crippen LogP contribution in [0.3, 0.4) is 0 Å². The standard InChI is InChI=1S/C19H25N3O2S2/c1-12(2)11-25-19-22-21-18(26-19)20-17(23)13(3)24-16-10-6-8-14-7-4-5-9-15(14)16/h6,8,10,12-13H,4-5,7,9,11H2,1-3H3,(H,20,21,23). The molecule has 7 heteroatoms. The molecule has 1 aromatic carbocycles. The van der Waals surface area contributed by atoms with Gasteiger partial charge >= 0.3 is 0 Å². The highest BCUT2D eigenvalue weighted by molar-refractivity contribution is 8.01. The maximum absolute atomic E-state index is 12.5. The minimum Gasteiger partial charge on any atom is -0.481 e. The Hall–Kier alpha value is -1.60. The van der Waals surface area contributed by atoms with Crippen LogP contribution in [0.1, 0.15) is 44.7 Å². The normalized spacial score (nSPS) is 14.8. The molecular formula is C19H25N3O2S2. The third-order valence-electron chi connectivity index (χ3n) is 4.20. The first kappa shape index (κ1) is 19.2. The van der Waals surface area contributed by atoms with Crippen LogP contribution in [-0.2, 0) is 17.6 Å². The number of carbonyl (C=O) groups excluding carboxylic acids is 1. The zero-order valence-corrected chi connectivity index (χ0v) is 17.1. The van der Waals surface area contributed by atoms with Crippen LogP contribution in [0, 0.1) is 5.92 Å². The lowest BCUT2D eigenvalue weighted by Crippen LogP contribution is -2.30. The van der Waals surface area contributed by atoms with Gasteiger partial charge in [0, 0.05) is 5.75 Å². The highest BCUT2D eigenvalue weighted by Gasteiger charge is 2.20. The number of carbonyl (C=O) groups is 1. The van der Waals surface area contributed by atoms with Gasteiger partial charge in [-0.1, -0.05) is 49.1 Å². The molecule has 1 atom stereocenters. The molecule has 140 valence electrons. The summed E-state index contributed by atoms with van der Waals surface area (Å²) in [4.78, 5) is 12.5. The van der Waals surface area contributed by atoms with Crippen LogP contribution in [0.5, 0.6) is 5.75 Å². The van der Waals surface area contributed by atoms with Gasteiger partial charge in [0.05, 0.1) is 0 Å². The Labute approximate surface area is 162 Å². The largest absolute Gasteiger partial charge is 0.481 e. The third-order valence-corrected chi connectivity index (χ3v) is 6.60. The summed E-state index contributed by atoms with van der Waals surface area (Å²) in [6.45, 7) is 6.10. The molecule has 0 fully saturated rings. The Morgan fingerprint density at radius 3 is 2.88 bits per heavy atom. The zero-order valence-electron chi connectivity index (χ0n) is 15.4. The van der Waals surface area contributed by atoms with Gasteiger partial charge in [-0.25, -0.2) is 0 Å². The molecule has 3 rings (SSSR count). The van der Waals surface area contributed by atoms with Crippen LogP contribution < -0.4 is 10.1 Å². The Bertz CT molecular complexity index is 761. The highest BCUT2D eigenvalue weighted by Crippen LogP contribution is 2.30. The molecule has 1 aromatic heterocycles. The predicted molar refractivity (Wildman–Crippen MR) is 107 cm³/mol. The first-order valence-electron chi connectivity index (χ1n) is 9.07. The van der Waals surface area contributed by atoms with Crippen molar-refractivity contribution in [2.45, 2.75) is 56.9 Å². The van der Waals surface area contributed by atoms with Gasteiger partial charge in [-0.15, -0.1) is 10.2 Å². The summed E-state index contributed by atoms with van der Waals surface area (Å²) in [7, 11) is 0. The van der Waals surface area contributed by atoms with E-state index in [1.165, 1.54) is 35.3 Å². The smallest absolute Gasteiger partial charge is 0.266 e. The molecule has 5 nitrogen and oxygen atoms in total. The Balaban J connectivity index is 1.59. The fourth-order valence-electron chi connectivity index (χ4n) is 2.86. The molecule has 1 unspecified atom stereocenters. The van der Waals surface area contributed by atoms with Gasteiger partial charge in [0.2, 0.25) is 5.13 Å². The lowest BCUT2D eigenvalue weighted by Gasteiger charge is -2.21. The van der Waals surface area contributed by atoms with Gasteiger partial charge in [0.25, 0.3) is 5.91 Å². The molecule has 0 bridgehead atoms. The molecule has 1 aliphatic carbocycles. The first-order chi connectivity index (χ1) is 12.5. The van der Waals surface area contributed by atoms with Crippen molar-refractivity contribution >= 4 is 34.1 Å². The molecule has 1 amide bonds. The lowest BCUT2D eigenvalue weighted by molar-refractivity contribution is -0.122. The van der Waals surface area contributed by atoms with Gasteiger partial charge in [-0.3, -0.25) is 10.1 Å². The SMILES string of the molecule is CC(C)CSc1nnc(NC(=O)C(C)Oc2cccc3c2CCCC3)s1. The summed E-state index contributed by atoms with van der Waals surface area (Å²) < 4.78 is 6.85. The van der Waals surface area contributed by atoms with E-state index < -0.39 is 6.10 Å². The van der Waals surface area contributed by atoms with Crippen molar-refractivity contribution in [1.29, 1.82) is 0 Å². The summed E-state index contributed by atoms with van der Waals surface area (Å²) in [5.74, 6) is 2.21. The fraction of sp³-hybridized carbons (Fsp3) is 0.526. The second kappa shape index (κ2) is 8.86. The number of amides is 1. The summed E-state index contributed by atoms with van der Waals surface area (Å²) in [5, 5.41) is 11.5. The topological polar surface area (TPSA) is 64.1 Å². The van der Waals surface area contributed by atoms with Crippen LogP contribution in [0.25, 0.3) is 0 Å². The molecule has 0 saturated heterocycles. The summed E-state index contributed by atoms with van der Waals surface area (Å²) in [6.07, 6.45) is 3.93. The molecule has 26 heavy (non-hydrogen) atoms. The van der Waals surface area contributed by atoms with Crippen LogP contribution in [0.4, 0.5) is 5.13 Å². The number of ether oxygens (including phenoxy) is 1. The van der Waals surface area contributed by atoms with Crippen molar-refractivity contribution in [3.05, 3.63) is 29.3 Å². The van der Waals surface area contributed by atoms with Gasteiger partial charge < -0.3 is 4.74 Å². The molecule has 0 aliphatic heterocycles. The first-order valence-corrected chi connectivity index (χ1v) is 10.9. The van der Waals surface area contributed by atoms with Crippen molar-refractivity contribution in [2.75, 3.05) is 11.1 Å². The monoisotopic (exact) mass is 391 g/mol. The number of aromatic nitrogens is 2. The molecule has 0 spiro atoms. The van der Waals surface area contributed by atoms with E-state index in [1.54, 1.807) is 18.7 Å². The number of rotatable bonds is 7. The zero-order chi connectivity index (χ0) is 18.5. The van der Waals surface area contributed by atoms with Crippen molar-refractivity contribution in [2.24, 2.45) is 5.92 Å². The van der Waals surface area contributed by atoms with Gasteiger partial charge in [0.1, 0.15) is 5.75 Å². The van der Waals surface area contributed by atoms with Crippen LogP contribution in [0.15, 0.2) is 22.5 Å². The summed E-state index contributed by atoms with van der Waals surface area (Å²) in [6, 6.07) is 6.12. The van der Waals surface area contributed by atoms with Crippen molar-refractivity contribution in [1.82, 2.24) is 10.2 Å². The maximum Gasteiger partial charge on any atom is 0.266 e. The molecule has 1 heterocycles. The van der Waals surface area contributed by atoms with Crippen LogP contribution >= 0.6 is 23.1 Å². The van der Waals surface area contributed by atoms with E-state index in [9.17, 15) is 4.79 Å². The minimum absolute atomic E-state index is 0.199. The Kier molecular flexibility index (Phi) is 6.53. The van der Waals surface area contributed by atoms with E-state index >= 15 is 0 Å². The van der Waals surface area contributed by atoms with Gasteiger partial charge in [0.15, 0.2) is 10.4 Å². The number of hydrogen-bond donors (Lipinski definition) is 1. The third kappa shape index (κ3) is 4.98. The van der Waals surface area contributed by atoms with Crippen molar-refractivity contribution in [3.8, 4) is 5.75 Å². The second-order valence-electron chi connectivity index (χ2n) is 6.93. The van der Waals surface area contributed by atoms with E-state index in [-0.39, 0.29) is 5.91 Å². The van der Waals surface area contributed by atoms with Crippen LogP contribution in [-0.4, -0.2) is 28.0 Å². The van der Waals surface area contributed by atoms with E-state index in [1.807, 2.05) is 12.1 Å². The molecular weight excluding hydrogens is 366 g/mol. The second-order valence-corrected chi connectivity index (χ2v) is 9.17. The van der Waals surface area contributed by atoms with E-state index in [2.05, 4.69) is 35.4 Å². The highest BCUT2D eigenvalue weighted by atomic mass is 32.2. The minimum atomic E-state index is -0.584. The number of fused-ring (bicyclic) bond motifs is 1. The predicted octanol–water partition coefficient (Wildman–Crippen LogP) is 4.57. The van der Waals surface area contributed by atoms with E-state index in [0.29, 0.717) is 11.0 Å². The van der Waals surface area contributed by atoms with E-state index in [4.69, 9.17) is 4.74 Å². The molecule has 2 aromatic rings. The number of thioether (sulfide) groups is 1. The lowest BCUT2D eigenvalue weighted by atomic mass is 9.91. The van der Waals surface area contributed by atoms with Crippen molar-refractivity contribution < 1.29 is 9.53 Å². The number of hydrogen-bond acceptors (Lipinski definition) is 6. The molecule has 1 N–H and O–H groups in total. The average Bonchev–Trinajstić information content (AvgIpc) is 3.07. The fourth-order valence-corrected chi connectivity index (χ4v) is 4.60. The number of nitrogens with one attached hydrogen (secondary N) is 1. The number of nitrogens with zero attached hydrogens (tertiary/aromatic N) is 2. The van der Waals surface area contributed by atoms with Crippen LogP contribution in [0.2, 0.25) is 0 Å². The quantitative estimate of drug-likeness (QED) is 0.553. The molecule has 0 radical (unpaired) electrons. The van der Waals surface area contributed by atoms with E-state index in [0.717, 1.165) is 28.7 Å². The molecule has 1 aliphatic rings. The number of anilines is 1. The number of aryl methyl sites for hydroxylation is 1. The Morgan fingerprint density at radius 2 is 2.08 bits per heavy atom. The van der Waals surface area contributed by atoms with Gasteiger partial charge in [-0.2, -0.15) is 0 Å². The summed E-state index contributed by atoms with van der Waals surface area (Å²) >= 11 is 3.07. The molecule has 0 saturated carbocycles. The maximum atomic E-state index is 12.5.